The maximum Gasteiger partial charge on any atom is 0.220 e. The number of para-hydroxylation sites is 2. The summed E-state index contributed by atoms with van der Waals surface area (Å²) in [4.78, 5) is 4.71. The van der Waals surface area contributed by atoms with E-state index < -0.39 is 0 Å². The number of hydrogen-bond acceptors (Lipinski definition) is 4. The average Bonchev–Trinajstić information content (AvgIpc) is 1.61. The van der Waals surface area contributed by atoms with Crippen molar-refractivity contribution in [2.75, 3.05) is 0 Å². The molecule has 0 saturated carbocycles. The first-order valence-corrected chi connectivity index (χ1v) is 30.7. The molecule has 0 bridgehead atoms. The van der Waals surface area contributed by atoms with Gasteiger partial charge in [0.2, 0.25) is 5.69 Å². The van der Waals surface area contributed by atoms with Crippen LogP contribution in [0.25, 0.3) is 178 Å². The van der Waals surface area contributed by atoms with Crippen LogP contribution in [0.3, 0.4) is 0 Å². The van der Waals surface area contributed by atoms with Gasteiger partial charge in [-0.3, -0.25) is 0 Å². The van der Waals surface area contributed by atoms with E-state index in [0.717, 1.165) is 136 Å². The summed E-state index contributed by atoms with van der Waals surface area (Å²) in [5, 5.41) is 23.6. The summed E-state index contributed by atoms with van der Waals surface area (Å²) in [5.74, 6) is 0. The number of nitrogens with zero attached hydrogens (tertiary/aromatic N) is 4. The van der Waals surface area contributed by atoms with Crippen LogP contribution in [0, 0.1) is 17.9 Å². The normalized spacial score (nSPS) is 11.9. The molecule has 0 aliphatic heterocycles. The van der Waals surface area contributed by atoms with Crippen molar-refractivity contribution in [1.29, 1.82) is 5.26 Å². The molecule has 0 unspecified atom stereocenters. The van der Waals surface area contributed by atoms with Crippen LogP contribution in [0.4, 0.5) is 5.69 Å². The molecular weight excluding hydrogens is 1100 g/mol. The molecule has 0 amide bonds. The topological polar surface area (TPSA) is 51.1 Å². The van der Waals surface area contributed by atoms with Gasteiger partial charge in [-0.2, -0.15) is 5.26 Å². The fourth-order valence-electron chi connectivity index (χ4n) is 14.1. The first-order valence-electron chi connectivity index (χ1n) is 29.1. The van der Waals surface area contributed by atoms with Gasteiger partial charge in [0, 0.05) is 74.4 Å². The van der Waals surface area contributed by atoms with Gasteiger partial charge < -0.3 is 13.6 Å². The second kappa shape index (κ2) is 19.1. The monoisotopic (exact) mass is 1140 g/mol. The maximum atomic E-state index is 12.6. The van der Waals surface area contributed by atoms with Gasteiger partial charge in [-0.05, 0) is 99.1 Å². The van der Waals surface area contributed by atoms with E-state index in [-0.39, 0.29) is 0 Å². The van der Waals surface area contributed by atoms with E-state index >= 15 is 0 Å². The molecule has 0 aliphatic carbocycles. The average molecular weight is 1140 g/mol. The highest BCUT2D eigenvalue weighted by molar-refractivity contribution is 7.27. The molecule has 5 aromatic heterocycles. The minimum absolute atomic E-state index is 0.386. The number of aromatic nitrogens is 2. The maximum absolute atomic E-state index is 12.6. The highest BCUT2D eigenvalue weighted by Gasteiger charge is 2.34. The summed E-state index contributed by atoms with van der Waals surface area (Å²) in [6.45, 7) is 9.68. The number of furan rings is 1. The van der Waals surface area contributed by atoms with E-state index in [1.807, 2.05) is 36.4 Å². The van der Waals surface area contributed by atoms with Gasteiger partial charge in [0.15, 0.2) is 0 Å². The van der Waals surface area contributed by atoms with E-state index in [4.69, 9.17) is 9.26 Å². The van der Waals surface area contributed by atoms with E-state index in [1.165, 1.54) is 20.2 Å². The summed E-state index contributed by atoms with van der Waals surface area (Å²) >= 11 is 3.61. The number of nitriles is 1. The Bertz CT molecular complexity index is 5840. The smallest absolute Gasteiger partial charge is 0.220 e. The quantitative estimate of drug-likeness (QED) is 0.149. The first kappa shape index (κ1) is 49.1. The molecule has 87 heavy (non-hydrogen) atoms. The number of rotatable bonds is 7. The lowest BCUT2D eigenvalue weighted by molar-refractivity contribution is 0.669. The van der Waals surface area contributed by atoms with Crippen LogP contribution in [0.15, 0.2) is 271 Å². The zero-order valence-electron chi connectivity index (χ0n) is 46.4. The summed E-state index contributed by atoms with van der Waals surface area (Å²) in [5.41, 5.74) is 17.4. The molecule has 7 heteroatoms. The fourth-order valence-corrected chi connectivity index (χ4v) is 16.6. The second-order valence-electron chi connectivity index (χ2n) is 22.3. The Labute approximate surface area is 506 Å². The van der Waals surface area contributed by atoms with Crippen LogP contribution in [-0.4, -0.2) is 9.13 Å². The molecular formula is C80H44N4OS2. The third-order valence-corrected chi connectivity index (χ3v) is 20.1. The zero-order valence-corrected chi connectivity index (χ0v) is 48.1. The molecule has 0 fully saturated rings. The van der Waals surface area contributed by atoms with Gasteiger partial charge >= 0.3 is 0 Å². The summed E-state index contributed by atoms with van der Waals surface area (Å²) in [7, 11) is 0. The van der Waals surface area contributed by atoms with Gasteiger partial charge in [0.25, 0.3) is 0 Å². The predicted octanol–water partition coefficient (Wildman–Crippen LogP) is 23.3. The van der Waals surface area contributed by atoms with Crippen molar-refractivity contribution in [2.45, 2.75) is 0 Å². The Kier molecular flexibility index (Phi) is 10.8. The van der Waals surface area contributed by atoms with Gasteiger partial charge in [0.05, 0.1) is 55.0 Å². The lowest BCUT2D eigenvalue weighted by atomic mass is 9.88. The molecule has 0 atom stereocenters. The van der Waals surface area contributed by atoms with Crippen molar-refractivity contribution in [2.24, 2.45) is 0 Å². The van der Waals surface area contributed by atoms with Crippen LogP contribution >= 0.6 is 22.7 Å². The van der Waals surface area contributed by atoms with Crippen molar-refractivity contribution in [3.8, 4) is 73.1 Å². The molecule has 18 aromatic rings. The van der Waals surface area contributed by atoms with Gasteiger partial charge in [0.1, 0.15) is 17.2 Å². The van der Waals surface area contributed by atoms with Crippen molar-refractivity contribution in [1.82, 2.24) is 9.13 Å². The van der Waals surface area contributed by atoms with E-state index in [2.05, 4.69) is 246 Å². The third-order valence-electron chi connectivity index (χ3n) is 17.8. The molecule has 402 valence electrons. The molecule has 5 nitrogen and oxygen atoms in total. The van der Waals surface area contributed by atoms with Gasteiger partial charge in [-0.15, -0.1) is 22.7 Å². The largest absolute Gasteiger partial charge is 0.456 e. The molecule has 0 N–H and O–H groups in total. The minimum atomic E-state index is 0.386. The Balaban J connectivity index is 1.09. The van der Waals surface area contributed by atoms with Crippen LogP contribution in [0.1, 0.15) is 5.56 Å². The Morgan fingerprint density at radius 1 is 0.368 bits per heavy atom. The van der Waals surface area contributed by atoms with Crippen LogP contribution in [0.2, 0.25) is 0 Å². The molecule has 0 spiro atoms. The molecule has 13 aromatic carbocycles. The van der Waals surface area contributed by atoms with Crippen molar-refractivity contribution in [3.05, 3.63) is 284 Å². The van der Waals surface area contributed by atoms with Crippen LogP contribution in [-0.2, 0) is 0 Å². The molecule has 5 heterocycles. The Morgan fingerprint density at radius 3 is 1.43 bits per heavy atom. The molecule has 0 aliphatic rings. The fraction of sp³-hybridized carbons (Fsp3) is 0. The van der Waals surface area contributed by atoms with Gasteiger partial charge in [-0.1, -0.05) is 212 Å². The van der Waals surface area contributed by atoms with Crippen molar-refractivity contribution in [3.63, 3.8) is 0 Å². The van der Waals surface area contributed by atoms with E-state index in [0.29, 0.717) is 28.2 Å². The standard InChI is InChI=1S/C80H44N4OS2/c1-82-74-70(49-26-10-4-11-27-49)63(46-81)75(71(50-28-12-5-13-29-50)78(74)83-64-34-18-14-30-53(64)54-40-38-52(43-65(54)83)51-39-41-67-60(42-51)55-31-15-19-35-66(55)85-67)84-76-61(44-58(47-22-6-2-7-23-47)72-56-32-16-20-36-68(56)86-79(72)76)62-45-59(48-24-8-3-9-25-48)73-57-33-17-21-37-69(57)87-80(73)77(62)84/h2-45H. The summed E-state index contributed by atoms with van der Waals surface area (Å²) in [6.07, 6.45) is 0. The van der Waals surface area contributed by atoms with E-state index in [9.17, 15) is 11.8 Å². The number of fused-ring (bicyclic) bond motifs is 17. The first-order chi connectivity index (χ1) is 43.1. The van der Waals surface area contributed by atoms with Gasteiger partial charge in [-0.25, -0.2) is 4.85 Å². The highest BCUT2D eigenvalue weighted by Crippen LogP contribution is 2.57. The third kappa shape index (κ3) is 7.16. The van der Waals surface area contributed by atoms with Crippen LogP contribution < -0.4 is 0 Å². The molecule has 0 radical (unpaired) electrons. The second-order valence-corrected chi connectivity index (χ2v) is 24.4. The number of hydrogen-bond donors (Lipinski definition) is 0. The summed E-state index contributed by atoms with van der Waals surface area (Å²) < 4.78 is 15.7. The molecule has 18 rings (SSSR count). The lowest BCUT2D eigenvalue weighted by Gasteiger charge is -2.26. The van der Waals surface area contributed by atoms with Crippen molar-refractivity contribution < 1.29 is 4.42 Å². The Hall–Kier alpha value is -11.3. The van der Waals surface area contributed by atoms with Crippen LogP contribution in [0.5, 0.6) is 0 Å². The Morgan fingerprint density at radius 2 is 0.839 bits per heavy atom. The number of benzene rings is 13. The van der Waals surface area contributed by atoms with Crippen molar-refractivity contribution >= 4 is 134 Å². The SMILES string of the molecule is [C-]#[N+]c1c(-c2ccccc2)c(C#N)c(-n2c3c(cc(-c4ccccc4)c4c5ccccc5sc43)c3cc(-c4ccccc4)c4c5ccccc5sc4c32)c(-c2ccccc2)c1-n1c2ccccc2c2ccc(-c3ccc4oc5ccccc5c4c3)cc21. The minimum Gasteiger partial charge on any atom is -0.456 e. The zero-order chi connectivity index (χ0) is 57.4. The molecule has 0 saturated heterocycles. The predicted molar refractivity (Wildman–Crippen MR) is 366 cm³/mol. The highest BCUT2D eigenvalue weighted by atomic mass is 32.1. The van der Waals surface area contributed by atoms with E-state index in [1.54, 1.807) is 22.7 Å². The number of thiophene rings is 2. The lowest BCUT2D eigenvalue weighted by Crippen LogP contribution is -2.09. The summed E-state index contributed by atoms with van der Waals surface area (Å²) in [6, 6.07) is 97.6.